The highest BCUT2D eigenvalue weighted by molar-refractivity contribution is 5.94. The van der Waals surface area contributed by atoms with Gasteiger partial charge in [0.1, 0.15) is 0 Å². The summed E-state index contributed by atoms with van der Waals surface area (Å²) in [6.45, 7) is 4.53. The first-order chi connectivity index (χ1) is 13.6. The van der Waals surface area contributed by atoms with E-state index in [0.717, 1.165) is 69.7 Å². The van der Waals surface area contributed by atoms with Gasteiger partial charge in [-0.2, -0.15) is 5.10 Å². The predicted molar refractivity (Wildman–Crippen MR) is 102 cm³/mol. The highest BCUT2D eigenvalue weighted by atomic mass is 16.5. The third-order valence-corrected chi connectivity index (χ3v) is 6.48. The molecule has 2 atom stereocenters. The average Bonchev–Trinajstić information content (AvgIpc) is 3.16. The molecule has 2 fully saturated rings. The summed E-state index contributed by atoms with van der Waals surface area (Å²) in [6.07, 6.45) is 5.75. The predicted octanol–water partition coefficient (Wildman–Crippen LogP) is 1.32. The Labute approximate surface area is 165 Å². The number of likely N-dealkylation sites (tertiary alicyclic amines) is 1. The van der Waals surface area contributed by atoms with Crippen molar-refractivity contribution >= 4 is 11.9 Å². The molecule has 8 nitrogen and oxygen atoms in total. The number of carbonyl (C=O) groups excluding carboxylic acids is 1. The van der Waals surface area contributed by atoms with E-state index in [1.807, 2.05) is 4.90 Å². The van der Waals surface area contributed by atoms with E-state index in [0.29, 0.717) is 31.2 Å². The molecule has 1 amide bonds. The number of hydrogen-bond donors (Lipinski definition) is 2. The molecule has 3 heterocycles. The van der Waals surface area contributed by atoms with E-state index in [-0.39, 0.29) is 18.2 Å². The Morgan fingerprint density at radius 3 is 2.75 bits per heavy atom. The highest BCUT2D eigenvalue weighted by Gasteiger charge is 2.37. The number of hydrogen-bond acceptors (Lipinski definition) is 5. The number of aryl methyl sites for hydroxylation is 1. The topological polar surface area (TPSA) is 98.8 Å². The van der Waals surface area contributed by atoms with Gasteiger partial charge < -0.3 is 14.7 Å². The van der Waals surface area contributed by atoms with Crippen LogP contribution in [0.15, 0.2) is 0 Å². The first kappa shape index (κ1) is 19.4. The number of H-pyrrole nitrogens is 1. The standard InChI is InChI=1S/C20H30N4O4/c25-18(26)6-5-14-13-24(8-7-17(14)23-9-11-28-12-10-23)20(27)19-15-3-1-2-4-16(15)21-22-19/h14,17H,1-13H2,(H,21,22)(H,25,26). The fourth-order valence-corrected chi connectivity index (χ4v) is 4.99. The van der Waals surface area contributed by atoms with Crippen LogP contribution in [-0.4, -0.2) is 82.4 Å². The summed E-state index contributed by atoms with van der Waals surface area (Å²) < 4.78 is 5.47. The number of piperidine rings is 1. The molecular weight excluding hydrogens is 360 g/mol. The van der Waals surface area contributed by atoms with Crippen LogP contribution in [0.5, 0.6) is 0 Å². The molecule has 0 aromatic carbocycles. The summed E-state index contributed by atoms with van der Waals surface area (Å²) >= 11 is 0. The summed E-state index contributed by atoms with van der Waals surface area (Å²) in [5.74, 6) is -0.604. The first-order valence-corrected chi connectivity index (χ1v) is 10.5. The Balaban J connectivity index is 1.47. The molecule has 0 radical (unpaired) electrons. The normalized spacial score (nSPS) is 26.1. The Hall–Kier alpha value is -1.93. The van der Waals surface area contributed by atoms with Gasteiger partial charge in [-0.1, -0.05) is 0 Å². The maximum atomic E-state index is 13.2. The van der Waals surface area contributed by atoms with E-state index in [4.69, 9.17) is 4.74 Å². The van der Waals surface area contributed by atoms with Gasteiger partial charge in [-0.15, -0.1) is 0 Å². The number of fused-ring (bicyclic) bond motifs is 1. The number of ether oxygens (including phenoxy) is 1. The zero-order valence-electron chi connectivity index (χ0n) is 16.4. The average molecular weight is 390 g/mol. The summed E-state index contributed by atoms with van der Waals surface area (Å²) in [5, 5.41) is 16.6. The van der Waals surface area contributed by atoms with Crippen LogP contribution >= 0.6 is 0 Å². The van der Waals surface area contributed by atoms with Crippen LogP contribution in [0.4, 0.5) is 0 Å². The molecule has 1 aliphatic carbocycles. The Bertz CT molecular complexity index is 713. The van der Waals surface area contributed by atoms with E-state index in [9.17, 15) is 14.7 Å². The molecule has 4 rings (SSSR count). The van der Waals surface area contributed by atoms with Gasteiger partial charge in [0.2, 0.25) is 0 Å². The molecule has 1 aromatic heterocycles. The summed E-state index contributed by atoms with van der Waals surface area (Å²) in [7, 11) is 0. The van der Waals surface area contributed by atoms with Crippen LogP contribution < -0.4 is 0 Å². The van der Waals surface area contributed by atoms with Crippen LogP contribution in [0.1, 0.15) is 53.8 Å². The van der Waals surface area contributed by atoms with E-state index in [1.54, 1.807) is 0 Å². The molecule has 2 unspecified atom stereocenters. The number of rotatable bonds is 5. The Kier molecular flexibility index (Phi) is 5.96. The molecule has 0 bridgehead atoms. The third-order valence-electron chi connectivity index (χ3n) is 6.48. The molecule has 2 N–H and O–H groups in total. The van der Waals surface area contributed by atoms with Crippen LogP contribution in [0, 0.1) is 5.92 Å². The van der Waals surface area contributed by atoms with Gasteiger partial charge in [-0.3, -0.25) is 19.6 Å². The zero-order valence-corrected chi connectivity index (χ0v) is 16.4. The molecule has 28 heavy (non-hydrogen) atoms. The number of aliphatic carboxylic acids is 1. The number of carboxylic acids is 1. The molecule has 8 heteroatoms. The van der Waals surface area contributed by atoms with Crippen molar-refractivity contribution in [3.8, 4) is 0 Å². The maximum absolute atomic E-state index is 13.2. The molecule has 0 saturated carbocycles. The molecule has 3 aliphatic rings. The first-order valence-electron chi connectivity index (χ1n) is 10.5. The lowest BCUT2D eigenvalue weighted by atomic mass is 9.86. The minimum Gasteiger partial charge on any atom is -0.481 e. The second kappa shape index (κ2) is 8.61. The molecular formula is C20H30N4O4. The van der Waals surface area contributed by atoms with E-state index in [2.05, 4.69) is 15.1 Å². The summed E-state index contributed by atoms with van der Waals surface area (Å²) in [4.78, 5) is 28.7. The van der Waals surface area contributed by atoms with Gasteiger partial charge in [0, 0.05) is 49.9 Å². The van der Waals surface area contributed by atoms with E-state index < -0.39 is 5.97 Å². The van der Waals surface area contributed by atoms with Gasteiger partial charge in [0.05, 0.1) is 13.2 Å². The minimum atomic E-state index is -0.773. The van der Waals surface area contributed by atoms with Crippen LogP contribution in [0.25, 0.3) is 0 Å². The van der Waals surface area contributed by atoms with E-state index in [1.165, 1.54) is 0 Å². The number of nitrogens with zero attached hydrogens (tertiary/aromatic N) is 3. The van der Waals surface area contributed by atoms with Gasteiger partial charge in [0.15, 0.2) is 5.69 Å². The van der Waals surface area contributed by atoms with Crippen molar-refractivity contribution in [2.24, 2.45) is 5.92 Å². The van der Waals surface area contributed by atoms with E-state index >= 15 is 0 Å². The maximum Gasteiger partial charge on any atom is 0.303 e. The number of morpholine rings is 1. The fraction of sp³-hybridized carbons (Fsp3) is 0.750. The van der Waals surface area contributed by atoms with Crippen molar-refractivity contribution in [2.45, 2.75) is 51.0 Å². The van der Waals surface area contributed by atoms with Crippen LogP contribution in [0.2, 0.25) is 0 Å². The van der Waals surface area contributed by atoms with Gasteiger partial charge in [-0.05, 0) is 44.4 Å². The largest absolute Gasteiger partial charge is 0.481 e. The fourth-order valence-electron chi connectivity index (χ4n) is 4.99. The lowest BCUT2D eigenvalue weighted by molar-refractivity contribution is -0.137. The second-order valence-corrected chi connectivity index (χ2v) is 8.18. The molecule has 154 valence electrons. The van der Waals surface area contributed by atoms with Crippen molar-refractivity contribution in [1.29, 1.82) is 0 Å². The van der Waals surface area contributed by atoms with Crippen molar-refractivity contribution < 1.29 is 19.4 Å². The second-order valence-electron chi connectivity index (χ2n) is 8.18. The number of nitrogens with one attached hydrogen (secondary N) is 1. The lowest BCUT2D eigenvalue weighted by Gasteiger charge is -2.45. The number of amides is 1. The minimum absolute atomic E-state index is 0.000141. The van der Waals surface area contributed by atoms with Crippen LogP contribution in [0.3, 0.4) is 0 Å². The Morgan fingerprint density at radius 2 is 1.96 bits per heavy atom. The van der Waals surface area contributed by atoms with Crippen molar-refractivity contribution in [3.05, 3.63) is 17.0 Å². The lowest BCUT2D eigenvalue weighted by Crippen LogP contribution is -2.55. The van der Waals surface area contributed by atoms with Crippen molar-refractivity contribution in [2.75, 3.05) is 39.4 Å². The van der Waals surface area contributed by atoms with Gasteiger partial charge in [-0.25, -0.2) is 0 Å². The van der Waals surface area contributed by atoms with Crippen molar-refractivity contribution in [3.63, 3.8) is 0 Å². The molecule has 2 saturated heterocycles. The number of carboxylic acid groups (broad SMARTS) is 1. The molecule has 2 aliphatic heterocycles. The molecule has 0 spiro atoms. The summed E-state index contributed by atoms with van der Waals surface area (Å²) in [6, 6.07) is 0.320. The molecule has 1 aromatic rings. The Morgan fingerprint density at radius 1 is 1.18 bits per heavy atom. The highest BCUT2D eigenvalue weighted by Crippen LogP contribution is 2.29. The van der Waals surface area contributed by atoms with Gasteiger partial charge in [0.25, 0.3) is 5.91 Å². The van der Waals surface area contributed by atoms with Crippen molar-refractivity contribution in [1.82, 2.24) is 20.0 Å². The monoisotopic (exact) mass is 390 g/mol. The quantitative estimate of drug-likeness (QED) is 0.787. The van der Waals surface area contributed by atoms with Crippen LogP contribution in [-0.2, 0) is 22.4 Å². The third kappa shape index (κ3) is 4.07. The SMILES string of the molecule is O=C(O)CCC1CN(C(=O)c2n[nH]c3c2CCCC3)CCC1N1CCOCC1. The number of aromatic amines is 1. The zero-order chi connectivity index (χ0) is 19.5. The smallest absolute Gasteiger partial charge is 0.303 e. The van der Waals surface area contributed by atoms with Gasteiger partial charge >= 0.3 is 5.97 Å². The number of carbonyl (C=O) groups is 2. The number of aromatic nitrogens is 2. The summed E-state index contributed by atoms with van der Waals surface area (Å²) in [5.41, 5.74) is 2.78.